The van der Waals surface area contributed by atoms with Gasteiger partial charge < -0.3 is 15.4 Å². The summed E-state index contributed by atoms with van der Waals surface area (Å²) in [5.74, 6) is 2.48. The van der Waals surface area contributed by atoms with E-state index < -0.39 is 4.92 Å². The van der Waals surface area contributed by atoms with E-state index >= 15 is 0 Å². The van der Waals surface area contributed by atoms with Crippen LogP contribution in [0.4, 0.5) is 16.2 Å². The van der Waals surface area contributed by atoms with Crippen molar-refractivity contribution in [1.82, 2.24) is 5.32 Å². The Labute approximate surface area is 159 Å². The van der Waals surface area contributed by atoms with Gasteiger partial charge in [-0.2, -0.15) is 0 Å². The summed E-state index contributed by atoms with van der Waals surface area (Å²) < 4.78 is 6.47. The minimum atomic E-state index is -0.482. The molecule has 2 amide bonds. The van der Waals surface area contributed by atoms with Crippen LogP contribution >= 0.6 is 0 Å². The maximum absolute atomic E-state index is 12.1. The van der Waals surface area contributed by atoms with Crippen molar-refractivity contribution in [2.75, 3.05) is 11.9 Å². The van der Waals surface area contributed by atoms with Gasteiger partial charge in [-0.05, 0) is 69.3 Å². The van der Waals surface area contributed by atoms with Crippen molar-refractivity contribution in [2.45, 2.75) is 57.2 Å². The second-order valence-electron chi connectivity index (χ2n) is 8.67. The van der Waals surface area contributed by atoms with Crippen LogP contribution in [0.15, 0.2) is 24.3 Å². The quantitative estimate of drug-likeness (QED) is 0.580. The summed E-state index contributed by atoms with van der Waals surface area (Å²) in [5.41, 5.74) is 0.370. The largest absolute Gasteiger partial charge is 0.370 e. The number of non-ortho nitro benzene ring substituents is 1. The fraction of sp³-hybridized carbons (Fsp3) is 0.650. The first-order chi connectivity index (χ1) is 12.9. The molecule has 1 aromatic carbocycles. The lowest BCUT2D eigenvalue weighted by molar-refractivity contribution is -0.384. The van der Waals surface area contributed by atoms with Gasteiger partial charge in [0.25, 0.3) is 5.69 Å². The topological polar surface area (TPSA) is 93.5 Å². The van der Waals surface area contributed by atoms with E-state index in [1.165, 1.54) is 50.7 Å². The Balaban J connectivity index is 1.27. The Hall–Kier alpha value is -2.15. The van der Waals surface area contributed by atoms with E-state index in [-0.39, 0.29) is 23.4 Å². The lowest BCUT2D eigenvalue weighted by Crippen LogP contribution is -2.54. The van der Waals surface area contributed by atoms with Crippen molar-refractivity contribution in [2.24, 2.45) is 17.8 Å². The number of carbonyl (C=O) groups is 1. The molecule has 4 aliphatic carbocycles. The van der Waals surface area contributed by atoms with Crippen LogP contribution < -0.4 is 10.6 Å². The third-order valence-corrected chi connectivity index (χ3v) is 6.30. The van der Waals surface area contributed by atoms with Gasteiger partial charge in [0.15, 0.2) is 0 Å². The fourth-order valence-electron chi connectivity index (χ4n) is 5.75. The highest BCUT2D eigenvalue weighted by atomic mass is 16.6. The van der Waals surface area contributed by atoms with Gasteiger partial charge in [0.2, 0.25) is 0 Å². The average Bonchev–Trinajstić information content (AvgIpc) is 2.58. The number of nitrogens with zero attached hydrogens (tertiary/aromatic N) is 1. The molecule has 0 unspecified atom stereocenters. The number of anilines is 1. The molecule has 146 valence electrons. The molecular formula is C20H27N3O4. The number of rotatable bonds is 6. The molecular weight excluding hydrogens is 346 g/mol. The van der Waals surface area contributed by atoms with Crippen LogP contribution in [-0.4, -0.2) is 29.2 Å². The summed E-state index contributed by atoms with van der Waals surface area (Å²) >= 11 is 0. The van der Waals surface area contributed by atoms with Crippen LogP contribution in [0.3, 0.4) is 0 Å². The van der Waals surface area contributed by atoms with Crippen LogP contribution in [0.25, 0.3) is 0 Å². The Kier molecular flexibility index (Phi) is 4.80. The third-order valence-electron chi connectivity index (χ3n) is 6.30. The van der Waals surface area contributed by atoms with Crippen molar-refractivity contribution in [3.63, 3.8) is 0 Å². The highest BCUT2D eigenvalue weighted by Gasteiger charge is 2.52. The molecule has 0 saturated heterocycles. The normalized spacial score (nSPS) is 32.1. The fourth-order valence-corrected chi connectivity index (χ4v) is 5.75. The van der Waals surface area contributed by atoms with Crippen molar-refractivity contribution in [3.05, 3.63) is 34.4 Å². The second kappa shape index (κ2) is 7.11. The summed E-state index contributed by atoms with van der Waals surface area (Å²) in [4.78, 5) is 22.4. The van der Waals surface area contributed by atoms with E-state index in [2.05, 4.69) is 10.6 Å². The minimum absolute atomic E-state index is 0.0202. The van der Waals surface area contributed by atoms with Crippen LogP contribution in [0.2, 0.25) is 0 Å². The number of amides is 2. The monoisotopic (exact) mass is 373 g/mol. The van der Waals surface area contributed by atoms with E-state index in [0.29, 0.717) is 12.2 Å². The molecule has 4 fully saturated rings. The lowest BCUT2D eigenvalue weighted by atomic mass is 9.54. The van der Waals surface area contributed by atoms with Crippen molar-refractivity contribution >= 4 is 17.4 Å². The van der Waals surface area contributed by atoms with E-state index in [9.17, 15) is 14.9 Å². The number of hydrogen-bond donors (Lipinski definition) is 2. The first-order valence-corrected chi connectivity index (χ1v) is 9.88. The number of urea groups is 1. The maximum Gasteiger partial charge on any atom is 0.319 e. The second-order valence-corrected chi connectivity index (χ2v) is 8.67. The Bertz CT molecular complexity index is 700. The number of hydrogen-bond acceptors (Lipinski definition) is 4. The van der Waals surface area contributed by atoms with Crippen molar-refractivity contribution in [3.8, 4) is 0 Å². The molecule has 4 bridgehead atoms. The average molecular weight is 373 g/mol. The highest BCUT2D eigenvalue weighted by molar-refractivity contribution is 5.89. The molecule has 4 saturated carbocycles. The molecule has 5 rings (SSSR count). The molecule has 1 atom stereocenters. The molecule has 2 N–H and O–H groups in total. The molecule has 0 aliphatic heterocycles. The lowest BCUT2D eigenvalue weighted by Gasteiger charge is -2.57. The van der Waals surface area contributed by atoms with Gasteiger partial charge in [-0.1, -0.05) is 6.07 Å². The van der Waals surface area contributed by atoms with E-state index in [1.54, 1.807) is 12.1 Å². The Morgan fingerprint density at radius 2 is 1.89 bits per heavy atom. The zero-order valence-electron chi connectivity index (χ0n) is 15.6. The molecule has 7 nitrogen and oxygen atoms in total. The molecule has 0 spiro atoms. The standard InChI is InChI=1S/C20H27N3O4/c1-13(27-20-9-14-5-15(10-20)7-16(6-14)11-20)12-21-19(24)22-17-3-2-4-18(8-17)23(25)26/h2-4,8,13-16H,5-7,9-12H2,1H3,(H2,21,22,24)/t13-,14?,15?,16?,20?/m0/s1. The van der Waals surface area contributed by atoms with Gasteiger partial charge >= 0.3 is 6.03 Å². The molecule has 0 radical (unpaired) electrons. The van der Waals surface area contributed by atoms with Crippen LogP contribution in [0, 0.1) is 27.9 Å². The van der Waals surface area contributed by atoms with Gasteiger partial charge in [0, 0.05) is 24.4 Å². The highest BCUT2D eigenvalue weighted by Crippen LogP contribution is 2.57. The maximum atomic E-state index is 12.1. The molecule has 27 heavy (non-hydrogen) atoms. The number of ether oxygens (including phenoxy) is 1. The van der Waals surface area contributed by atoms with Gasteiger partial charge in [0.05, 0.1) is 16.6 Å². The summed E-state index contributed by atoms with van der Waals surface area (Å²) in [6.45, 7) is 2.43. The first kappa shape index (κ1) is 18.2. The van der Waals surface area contributed by atoms with E-state index in [4.69, 9.17) is 4.74 Å². The molecule has 1 aromatic rings. The number of nitro groups is 1. The van der Waals surface area contributed by atoms with Gasteiger partial charge in [0.1, 0.15) is 0 Å². The summed E-state index contributed by atoms with van der Waals surface area (Å²) in [7, 11) is 0. The summed E-state index contributed by atoms with van der Waals surface area (Å²) in [6.07, 6.45) is 7.58. The van der Waals surface area contributed by atoms with Crippen LogP contribution in [0.1, 0.15) is 45.4 Å². The Morgan fingerprint density at radius 3 is 2.48 bits per heavy atom. The van der Waals surface area contributed by atoms with Crippen molar-refractivity contribution in [1.29, 1.82) is 0 Å². The zero-order chi connectivity index (χ0) is 19.0. The van der Waals surface area contributed by atoms with E-state index in [1.807, 2.05) is 6.92 Å². The zero-order valence-corrected chi connectivity index (χ0v) is 15.6. The first-order valence-electron chi connectivity index (χ1n) is 9.88. The number of nitro benzene ring substituents is 1. The molecule has 0 aromatic heterocycles. The molecule has 0 heterocycles. The summed E-state index contributed by atoms with van der Waals surface area (Å²) in [6, 6.07) is 5.53. The predicted octanol–water partition coefficient (Wildman–Crippen LogP) is 4.09. The van der Waals surface area contributed by atoms with Crippen LogP contribution in [0.5, 0.6) is 0 Å². The Morgan fingerprint density at radius 1 is 1.26 bits per heavy atom. The van der Waals surface area contributed by atoms with Gasteiger partial charge in [-0.3, -0.25) is 10.1 Å². The number of nitrogens with one attached hydrogen (secondary N) is 2. The summed E-state index contributed by atoms with van der Waals surface area (Å²) in [5, 5.41) is 16.3. The minimum Gasteiger partial charge on any atom is -0.370 e. The van der Waals surface area contributed by atoms with Gasteiger partial charge in [-0.25, -0.2) is 4.79 Å². The molecule has 7 heteroatoms. The predicted molar refractivity (Wildman–Crippen MR) is 102 cm³/mol. The number of benzene rings is 1. The van der Waals surface area contributed by atoms with Gasteiger partial charge in [-0.15, -0.1) is 0 Å². The van der Waals surface area contributed by atoms with Crippen LogP contribution in [-0.2, 0) is 4.74 Å². The third kappa shape index (κ3) is 4.08. The van der Waals surface area contributed by atoms with Crippen molar-refractivity contribution < 1.29 is 14.5 Å². The smallest absolute Gasteiger partial charge is 0.319 e. The van der Waals surface area contributed by atoms with E-state index in [0.717, 1.165) is 17.8 Å². The SMILES string of the molecule is C[C@@H](CNC(=O)Nc1cccc([N+](=O)[O-])c1)OC12CC3CC(CC(C3)C1)C2. The number of carbonyl (C=O) groups excluding carboxylic acids is 1. The molecule has 4 aliphatic rings.